The van der Waals surface area contributed by atoms with Gasteiger partial charge in [-0.2, -0.15) is 0 Å². The van der Waals surface area contributed by atoms with Gasteiger partial charge in [0.25, 0.3) is 5.91 Å². The fraction of sp³-hybridized carbons (Fsp3) is 0.0714. The van der Waals surface area contributed by atoms with Crippen LogP contribution in [-0.2, 0) is 0 Å². The molecule has 0 unspecified atom stereocenters. The third kappa shape index (κ3) is 2.16. The first-order chi connectivity index (χ1) is 9.65. The lowest BCUT2D eigenvalue weighted by molar-refractivity contribution is 0.102. The van der Waals surface area contributed by atoms with Crippen molar-refractivity contribution in [2.24, 2.45) is 0 Å². The molecule has 2 aromatic carbocycles. The van der Waals surface area contributed by atoms with Crippen molar-refractivity contribution < 1.29 is 23.0 Å². The highest BCUT2D eigenvalue weighted by atomic mass is 19.1. The van der Waals surface area contributed by atoms with Crippen molar-refractivity contribution in [1.82, 2.24) is 0 Å². The molecule has 0 saturated carbocycles. The summed E-state index contributed by atoms with van der Waals surface area (Å²) in [5.74, 6) is -1.34. The van der Waals surface area contributed by atoms with Crippen LogP contribution in [0.4, 0.5) is 14.5 Å². The van der Waals surface area contributed by atoms with Gasteiger partial charge in [0.1, 0.15) is 11.6 Å². The van der Waals surface area contributed by atoms with Crippen LogP contribution in [-0.4, -0.2) is 12.7 Å². The minimum absolute atomic E-state index is 0.0323. The Bertz CT molecular complexity index is 688. The summed E-state index contributed by atoms with van der Waals surface area (Å²) in [6.07, 6.45) is 0. The monoisotopic (exact) mass is 277 g/mol. The van der Waals surface area contributed by atoms with Crippen molar-refractivity contribution in [3.8, 4) is 11.5 Å². The molecule has 102 valence electrons. The minimum atomic E-state index is -0.844. The molecule has 1 aliphatic rings. The molecule has 1 heterocycles. The molecule has 3 rings (SSSR count). The zero-order valence-corrected chi connectivity index (χ0v) is 10.2. The summed E-state index contributed by atoms with van der Waals surface area (Å²) in [5, 5.41) is 2.37. The van der Waals surface area contributed by atoms with Gasteiger partial charge in [0.2, 0.25) is 6.79 Å². The highest BCUT2D eigenvalue weighted by Gasteiger charge is 2.22. The zero-order valence-electron chi connectivity index (χ0n) is 10.2. The van der Waals surface area contributed by atoms with E-state index in [1.165, 1.54) is 6.07 Å². The lowest BCUT2D eigenvalue weighted by Crippen LogP contribution is -2.13. The number of para-hydroxylation sites is 1. The highest BCUT2D eigenvalue weighted by Crippen LogP contribution is 2.35. The van der Waals surface area contributed by atoms with Crippen LogP contribution in [0.3, 0.4) is 0 Å². The first-order valence-electron chi connectivity index (χ1n) is 5.80. The Hall–Kier alpha value is -2.63. The van der Waals surface area contributed by atoms with Crippen molar-refractivity contribution in [3.63, 3.8) is 0 Å². The fourth-order valence-corrected chi connectivity index (χ4v) is 1.89. The molecule has 0 bridgehead atoms. The second-order valence-corrected chi connectivity index (χ2v) is 4.12. The molecule has 1 amide bonds. The van der Waals surface area contributed by atoms with Gasteiger partial charge in [-0.05, 0) is 24.3 Å². The van der Waals surface area contributed by atoms with Gasteiger partial charge in [-0.15, -0.1) is 0 Å². The normalized spacial score (nSPS) is 12.3. The van der Waals surface area contributed by atoms with Gasteiger partial charge in [0, 0.05) is 6.07 Å². The molecular weight excluding hydrogens is 268 g/mol. The van der Waals surface area contributed by atoms with Gasteiger partial charge in [-0.25, -0.2) is 8.78 Å². The predicted molar refractivity (Wildman–Crippen MR) is 66.9 cm³/mol. The number of halogens is 2. The van der Waals surface area contributed by atoms with E-state index in [0.717, 1.165) is 12.1 Å². The van der Waals surface area contributed by atoms with Crippen LogP contribution in [0.1, 0.15) is 10.4 Å². The molecular formula is C14H9F2NO3. The topological polar surface area (TPSA) is 47.6 Å². The van der Waals surface area contributed by atoms with E-state index in [0.29, 0.717) is 17.6 Å². The average molecular weight is 277 g/mol. The van der Waals surface area contributed by atoms with Crippen LogP contribution < -0.4 is 14.8 Å². The molecule has 4 nitrogen and oxygen atoms in total. The van der Waals surface area contributed by atoms with Crippen LogP contribution in [0.5, 0.6) is 11.5 Å². The van der Waals surface area contributed by atoms with Crippen LogP contribution in [0.2, 0.25) is 0 Å². The number of carbonyl (C=O) groups excluding carboxylic acids is 1. The summed E-state index contributed by atoms with van der Waals surface area (Å²) in [6.45, 7) is 0.0323. The number of carbonyl (C=O) groups is 1. The van der Waals surface area contributed by atoms with Crippen LogP contribution in [0, 0.1) is 11.6 Å². The lowest BCUT2D eigenvalue weighted by Gasteiger charge is -2.08. The summed E-state index contributed by atoms with van der Waals surface area (Å²) >= 11 is 0. The molecule has 20 heavy (non-hydrogen) atoms. The first-order valence-corrected chi connectivity index (χ1v) is 5.80. The van der Waals surface area contributed by atoms with Crippen molar-refractivity contribution in [2.45, 2.75) is 0 Å². The van der Waals surface area contributed by atoms with E-state index >= 15 is 0 Å². The quantitative estimate of drug-likeness (QED) is 0.918. The number of rotatable bonds is 2. The van der Waals surface area contributed by atoms with E-state index in [4.69, 9.17) is 9.47 Å². The van der Waals surface area contributed by atoms with Crippen LogP contribution >= 0.6 is 0 Å². The molecule has 0 aliphatic carbocycles. The minimum Gasteiger partial charge on any atom is -0.454 e. The maximum absolute atomic E-state index is 13.5. The van der Waals surface area contributed by atoms with Gasteiger partial charge in [0.05, 0.1) is 11.3 Å². The van der Waals surface area contributed by atoms with Gasteiger partial charge in [-0.1, -0.05) is 6.07 Å². The van der Waals surface area contributed by atoms with Gasteiger partial charge in [0.15, 0.2) is 11.5 Å². The highest BCUT2D eigenvalue weighted by molar-refractivity contribution is 6.06. The molecule has 0 aromatic heterocycles. The SMILES string of the molecule is O=C(Nc1ccc(F)cc1F)c1cccc2c1OCO2. The van der Waals surface area contributed by atoms with Gasteiger partial charge in [-0.3, -0.25) is 4.79 Å². The maximum atomic E-state index is 13.5. The molecule has 1 N–H and O–H groups in total. The van der Waals surface area contributed by atoms with E-state index < -0.39 is 17.5 Å². The van der Waals surface area contributed by atoms with Gasteiger partial charge < -0.3 is 14.8 Å². The standard InChI is InChI=1S/C14H9F2NO3/c15-8-4-5-11(10(16)6-8)17-14(18)9-2-1-3-12-13(9)20-7-19-12/h1-6H,7H2,(H,17,18). The second kappa shape index (κ2) is 4.80. The third-order valence-electron chi connectivity index (χ3n) is 2.82. The second-order valence-electron chi connectivity index (χ2n) is 4.12. The van der Waals surface area contributed by atoms with Crippen molar-refractivity contribution in [1.29, 1.82) is 0 Å². The average Bonchev–Trinajstić information content (AvgIpc) is 2.90. The third-order valence-corrected chi connectivity index (χ3v) is 2.82. The van der Waals surface area contributed by atoms with E-state index in [1.54, 1.807) is 12.1 Å². The molecule has 2 aromatic rings. The lowest BCUT2D eigenvalue weighted by atomic mass is 10.1. The first kappa shape index (κ1) is 12.4. The molecule has 0 fully saturated rings. The number of anilines is 1. The molecule has 1 aliphatic heterocycles. The Labute approximate surface area is 112 Å². The van der Waals surface area contributed by atoms with Gasteiger partial charge >= 0.3 is 0 Å². The number of amides is 1. The Morgan fingerprint density at radius 1 is 1.15 bits per heavy atom. The predicted octanol–water partition coefficient (Wildman–Crippen LogP) is 2.95. The Kier molecular flexibility index (Phi) is 2.98. The Balaban J connectivity index is 1.89. The number of fused-ring (bicyclic) bond motifs is 1. The number of nitrogens with one attached hydrogen (secondary N) is 1. The van der Waals surface area contributed by atoms with E-state index in [9.17, 15) is 13.6 Å². The maximum Gasteiger partial charge on any atom is 0.259 e. The van der Waals surface area contributed by atoms with Crippen LogP contribution in [0.15, 0.2) is 36.4 Å². The molecule has 0 atom stereocenters. The molecule has 0 saturated heterocycles. The zero-order chi connectivity index (χ0) is 14.1. The summed E-state index contributed by atoms with van der Waals surface area (Å²) in [4.78, 5) is 12.1. The Morgan fingerprint density at radius 3 is 2.80 bits per heavy atom. The van der Waals surface area contributed by atoms with E-state index in [-0.39, 0.29) is 18.0 Å². The van der Waals surface area contributed by atoms with E-state index in [2.05, 4.69) is 5.32 Å². The molecule has 0 radical (unpaired) electrons. The largest absolute Gasteiger partial charge is 0.454 e. The van der Waals surface area contributed by atoms with Crippen molar-refractivity contribution in [3.05, 3.63) is 53.6 Å². The Morgan fingerprint density at radius 2 is 2.00 bits per heavy atom. The summed E-state index contributed by atoms with van der Waals surface area (Å²) in [7, 11) is 0. The van der Waals surface area contributed by atoms with E-state index in [1.807, 2.05) is 0 Å². The van der Waals surface area contributed by atoms with Crippen LogP contribution in [0.25, 0.3) is 0 Å². The van der Waals surface area contributed by atoms with Crippen molar-refractivity contribution in [2.75, 3.05) is 12.1 Å². The number of benzene rings is 2. The number of hydrogen-bond donors (Lipinski definition) is 1. The fourth-order valence-electron chi connectivity index (χ4n) is 1.89. The molecule has 0 spiro atoms. The van der Waals surface area contributed by atoms with Crippen molar-refractivity contribution >= 4 is 11.6 Å². The number of hydrogen-bond acceptors (Lipinski definition) is 3. The smallest absolute Gasteiger partial charge is 0.259 e. The molecule has 6 heteroatoms. The summed E-state index contributed by atoms with van der Waals surface area (Å²) in [5.41, 5.74) is 0.122. The summed E-state index contributed by atoms with van der Waals surface area (Å²) < 4.78 is 36.6. The summed E-state index contributed by atoms with van der Waals surface area (Å²) in [6, 6.07) is 7.74. The number of ether oxygens (including phenoxy) is 2.